The molecular formula is C17H26N2. The Morgan fingerprint density at radius 2 is 2.21 bits per heavy atom. The molecule has 2 nitrogen and oxygen atoms in total. The highest BCUT2D eigenvalue weighted by Gasteiger charge is 2.24. The normalized spacial score (nSPS) is 28.1. The van der Waals surface area contributed by atoms with Crippen molar-refractivity contribution < 1.29 is 0 Å². The summed E-state index contributed by atoms with van der Waals surface area (Å²) < 4.78 is 0. The molecular weight excluding hydrogens is 232 g/mol. The molecule has 1 N–H and O–H groups in total. The molecule has 2 heteroatoms. The Labute approximate surface area is 117 Å². The second kappa shape index (κ2) is 6.06. The monoisotopic (exact) mass is 258 g/mol. The Kier molecular flexibility index (Phi) is 4.19. The number of fused-ring (bicyclic) bond motifs is 1. The maximum absolute atomic E-state index is 3.61. The van der Waals surface area contributed by atoms with Crippen LogP contribution in [0.5, 0.6) is 0 Å². The largest absolute Gasteiger partial charge is 0.311 e. The van der Waals surface area contributed by atoms with Crippen LogP contribution in [0.4, 0.5) is 0 Å². The minimum absolute atomic E-state index is 0.701. The number of nitrogens with one attached hydrogen (secondary N) is 1. The predicted molar refractivity (Wildman–Crippen MR) is 80.6 cm³/mol. The lowest BCUT2D eigenvalue weighted by atomic mass is 9.82. The van der Waals surface area contributed by atoms with E-state index in [0.29, 0.717) is 6.04 Å². The molecule has 3 rings (SSSR count). The van der Waals surface area contributed by atoms with Gasteiger partial charge >= 0.3 is 0 Å². The predicted octanol–water partition coefficient (Wildman–Crippen LogP) is 2.79. The van der Waals surface area contributed by atoms with Gasteiger partial charge < -0.3 is 5.32 Å². The molecule has 0 radical (unpaired) electrons. The van der Waals surface area contributed by atoms with Crippen molar-refractivity contribution in [2.24, 2.45) is 0 Å². The summed E-state index contributed by atoms with van der Waals surface area (Å²) in [5, 5.41) is 3.61. The second-order valence-corrected chi connectivity index (χ2v) is 6.11. The number of hydrogen-bond acceptors (Lipinski definition) is 2. The van der Waals surface area contributed by atoms with Gasteiger partial charge in [0, 0.05) is 32.2 Å². The van der Waals surface area contributed by atoms with Crippen molar-refractivity contribution in [1.82, 2.24) is 10.2 Å². The first-order valence-corrected chi connectivity index (χ1v) is 7.90. The van der Waals surface area contributed by atoms with Crippen LogP contribution in [0.1, 0.15) is 43.2 Å². The van der Waals surface area contributed by atoms with Gasteiger partial charge in [0.25, 0.3) is 0 Å². The van der Waals surface area contributed by atoms with Crippen LogP contribution in [-0.2, 0) is 6.42 Å². The highest BCUT2D eigenvalue weighted by Crippen LogP contribution is 2.32. The van der Waals surface area contributed by atoms with Gasteiger partial charge in [-0.1, -0.05) is 31.2 Å². The summed E-state index contributed by atoms with van der Waals surface area (Å²) in [6.07, 6.45) is 5.27. The van der Waals surface area contributed by atoms with Gasteiger partial charge in [0.1, 0.15) is 0 Å². The van der Waals surface area contributed by atoms with E-state index in [2.05, 4.69) is 41.4 Å². The molecule has 19 heavy (non-hydrogen) atoms. The summed E-state index contributed by atoms with van der Waals surface area (Å²) in [4.78, 5) is 2.68. The molecule has 0 saturated carbocycles. The minimum Gasteiger partial charge on any atom is -0.311 e. The fourth-order valence-electron chi connectivity index (χ4n) is 3.69. The third-order valence-electron chi connectivity index (χ3n) is 4.80. The van der Waals surface area contributed by atoms with Gasteiger partial charge in [0.2, 0.25) is 0 Å². The number of benzene rings is 1. The first-order chi connectivity index (χ1) is 9.36. The van der Waals surface area contributed by atoms with Crippen LogP contribution in [0.3, 0.4) is 0 Å². The molecule has 1 aliphatic heterocycles. The third-order valence-corrected chi connectivity index (χ3v) is 4.80. The van der Waals surface area contributed by atoms with Crippen LogP contribution in [0.2, 0.25) is 0 Å². The molecule has 1 aliphatic carbocycles. The molecule has 2 aliphatic rings. The fraction of sp³-hybridized carbons (Fsp3) is 0.647. The number of hydrogen-bond donors (Lipinski definition) is 1. The van der Waals surface area contributed by atoms with Crippen molar-refractivity contribution in [3.05, 3.63) is 35.4 Å². The smallest absolute Gasteiger partial charge is 0.0192 e. The number of aryl methyl sites for hydroxylation is 1. The molecule has 2 unspecified atom stereocenters. The molecule has 1 heterocycles. The Morgan fingerprint density at radius 3 is 3.11 bits per heavy atom. The summed E-state index contributed by atoms with van der Waals surface area (Å²) in [6, 6.07) is 9.79. The van der Waals surface area contributed by atoms with Crippen LogP contribution in [-0.4, -0.2) is 37.1 Å². The summed E-state index contributed by atoms with van der Waals surface area (Å²) in [5.41, 5.74) is 3.22. The fourth-order valence-corrected chi connectivity index (χ4v) is 3.69. The van der Waals surface area contributed by atoms with Gasteiger partial charge in [-0.25, -0.2) is 0 Å². The first kappa shape index (κ1) is 13.1. The van der Waals surface area contributed by atoms with Gasteiger partial charge in [0.05, 0.1) is 0 Å². The van der Waals surface area contributed by atoms with Crippen molar-refractivity contribution in [2.75, 3.05) is 26.2 Å². The molecule has 0 bridgehead atoms. The maximum Gasteiger partial charge on any atom is 0.0192 e. The van der Waals surface area contributed by atoms with E-state index in [1.165, 1.54) is 45.3 Å². The van der Waals surface area contributed by atoms with Gasteiger partial charge in [-0.15, -0.1) is 0 Å². The average Bonchev–Trinajstić information content (AvgIpc) is 2.48. The topological polar surface area (TPSA) is 15.3 Å². The lowest BCUT2D eigenvalue weighted by Crippen LogP contribution is -2.51. The zero-order valence-corrected chi connectivity index (χ0v) is 12.1. The van der Waals surface area contributed by atoms with Crippen molar-refractivity contribution in [2.45, 2.75) is 44.6 Å². The Hall–Kier alpha value is -0.860. The summed E-state index contributed by atoms with van der Waals surface area (Å²) in [7, 11) is 0. The SMILES string of the molecule is CCC1CN(CC2CCCc3ccccc32)CCN1. The first-order valence-electron chi connectivity index (χ1n) is 7.90. The van der Waals surface area contributed by atoms with Crippen molar-refractivity contribution >= 4 is 0 Å². The van der Waals surface area contributed by atoms with Crippen LogP contribution >= 0.6 is 0 Å². The summed E-state index contributed by atoms with van der Waals surface area (Å²) in [5.74, 6) is 0.764. The Balaban J connectivity index is 1.67. The second-order valence-electron chi connectivity index (χ2n) is 6.11. The Morgan fingerprint density at radius 1 is 1.32 bits per heavy atom. The van der Waals surface area contributed by atoms with Crippen LogP contribution in [0.15, 0.2) is 24.3 Å². The molecule has 1 aromatic carbocycles. The zero-order valence-electron chi connectivity index (χ0n) is 12.1. The number of rotatable bonds is 3. The molecule has 0 spiro atoms. The maximum atomic E-state index is 3.61. The summed E-state index contributed by atoms with van der Waals surface area (Å²) in [6.45, 7) is 7.16. The van der Waals surface area contributed by atoms with Crippen LogP contribution in [0, 0.1) is 0 Å². The minimum atomic E-state index is 0.701. The highest BCUT2D eigenvalue weighted by atomic mass is 15.2. The van der Waals surface area contributed by atoms with E-state index in [0.717, 1.165) is 12.5 Å². The lowest BCUT2D eigenvalue weighted by Gasteiger charge is -2.37. The van der Waals surface area contributed by atoms with E-state index in [-0.39, 0.29) is 0 Å². The molecule has 2 atom stereocenters. The standard InChI is InChI=1S/C17H26N2/c1-2-16-13-19(11-10-18-16)12-15-8-5-7-14-6-3-4-9-17(14)15/h3-4,6,9,15-16,18H,2,5,7-8,10-13H2,1H3. The van der Waals surface area contributed by atoms with Crippen LogP contribution < -0.4 is 5.32 Å². The highest BCUT2D eigenvalue weighted by molar-refractivity contribution is 5.32. The molecule has 1 fully saturated rings. The van der Waals surface area contributed by atoms with Gasteiger partial charge in [-0.05, 0) is 42.7 Å². The summed E-state index contributed by atoms with van der Waals surface area (Å²) >= 11 is 0. The van der Waals surface area contributed by atoms with E-state index in [1.54, 1.807) is 11.1 Å². The molecule has 104 valence electrons. The van der Waals surface area contributed by atoms with E-state index < -0.39 is 0 Å². The van der Waals surface area contributed by atoms with Gasteiger partial charge in [-0.2, -0.15) is 0 Å². The van der Waals surface area contributed by atoms with Crippen molar-refractivity contribution in [3.63, 3.8) is 0 Å². The van der Waals surface area contributed by atoms with E-state index >= 15 is 0 Å². The molecule has 0 amide bonds. The zero-order chi connectivity index (χ0) is 13.1. The van der Waals surface area contributed by atoms with Crippen LogP contribution in [0.25, 0.3) is 0 Å². The average molecular weight is 258 g/mol. The molecule has 0 aromatic heterocycles. The van der Waals surface area contributed by atoms with E-state index in [9.17, 15) is 0 Å². The van der Waals surface area contributed by atoms with Gasteiger partial charge in [-0.3, -0.25) is 4.90 Å². The van der Waals surface area contributed by atoms with Crippen molar-refractivity contribution in [1.29, 1.82) is 0 Å². The number of nitrogens with zero attached hydrogens (tertiary/aromatic N) is 1. The van der Waals surface area contributed by atoms with Crippen molar-refractivity contribution in [3.8, 4) is 0 Å². The van der Waals surface area contributed by atoms with E-state index in [4.69, 9.17) is 0 Å². The lowest BCUT2D eigenvalue weighted by molar-refractivity contribution is 0.182. The molecule has 1 saturated heterocycles. The van der Waals surface area contributed by atoms with Gasteiger partial charge in [0.15, 0.2) is 0 Å². The number of piperazine rings is 1. The van der Waals surface area contributed by atoms with E-state index in [1.807, 2.05) is 0 Å². The molecule has 1 aromatic rings. The quantitative estimate of drug-likeness (QED) is 0.897. The Bertz CT molecular complexity index is 415. The third kappa shape index (κ3) is 3.01.